The first-order valence-electron chi connectivity index (χ1n) is 10.6. The number of rotatable bonds is 5. The second-order valence-corrected chi connectivity index (χ2v) is 7.68. The van der Waals surface area contributed by atoms with Gasteiger partial charge in [0.15, 0.2) is 0 Å². The van der Waals surface area contributed by atoms with E-state index in [0.29, 0.717) is 27.9 Å². The number of benzene rings is 2. The van der Waals surface area contributed by atoms with Crippen LogP contribution in [0.15, 0.2) is 82.8 Å². The van der Waals surface area contributed by atoms with Crippen LogP contribution in [0.25, 0.3) is 27.8 Å². The van der Waals surface area contributed by atoms with E-state index < -0.39 is 0 Å². The molecule has 0 aliphatic heterocycles. The Hall–Kier alpha value is -4.46. The summed E-state index contributed by atoms with van der Waals surface area (Å²) in [6, 6.07) is 15.5. The van der Waals surface area contributed by atoms with Crippen LogP contribution in [-0.4, -0.2) is 29.4 Å². The van der Waals surface area contributed by atoms with E-state index in [2.05, 4.69) is 15.1 Å². The fraction of sp³-hybridized carbons (Fsp3) is 0.120. The number of nitrogens with zero attached hydrogens (tertiary/aromatic N) is 4. The number of aromatic amines is 1. The molecule has 3 heterocycles. The first-order valence-corrected chi connectivity index (χ1v) is 10.6. The minimum Gasteiger partial charge on any atom is -0.508 e. The number of para-hydroxylation sites is 1. The summed E-state index contributed by atoms with van der Waals surface area (Å²) < 4.78 is 3.00. The minimum absolute atomic E-state index is 0.0945. The van der Waals surface area contributed by atoms with Crippen molar-refractivity contribution in [2.75, 3.05) is 0 Å². The van der Waals surface area contributed by atoms with E-state index in [4.69, 9.17) is 0 Å². The number of aromatic hydroxyl groups is 1. The average molecular weight is 439 g/mol. The van der Waals surface area contributed by atoms with Gasteiger partial charge >= 0.3 is 0 Å². The number of phenolic OH excluding ortho intramolecular Hbond substituents is 1. The van der Waals surface area contributed by atoms with Crippen molar-refractivity contribution in [2.45, 2.75) is 19.9 Å². The zero-order valence-corrected chi connectivity index (χ0v) is 17.9. The predicted octanol–water partition coefficient (Wildman–Crippen LogP) is 3.25. The van der Waals surface area contributed by atoms with E-state index in [1.807, 2.05) is 31.2 Å². The minimum atomic E-state index is -0.284. The molecule has 0 aliphatic rings. The molecule has 0 spiro atoms. The van der Waals surface area contributed by atoms with Gasteiger partial charge in [-0.3, -0.25) is 24.7 Å². The van der Waals surface area contributed by atoms with E-state index in [1.54, 1.807) is 30.7 Å². The van der Waals surface area contributed by atoms with Crippen molar-refractivity contribution in [3.05, 3.63) is 105 Å². The SMILES string of the molecule is CCc1ccccc1-n1[nH]c2cc(=O)n(Cc3cnccn3)c(-c3ccc(O)cc3)c2c1=O. The Bertz CT molecular complexity index is 1560. The number of fused-ring (bicyclic) bond motifs is 1. The van der Waals surface area contributed by atoms with Crippen molar-refractivity contribution >= 4 is 10.9 Å². The molecule has 0 saturated heterocycles. The molecule has 164 valence electrons. The van der Waals surface area contributed by atoms with Crippen molar-refractivity contribution in [3.8, 4) is 22.7 Å². The lowest BCUT2D eigenvalue weighted by Gasteiger charge is -2.13. The fourth-order valence-corrected chi connectivity index (χ4v) is 4.08. The van der Waals surface area contributed by atoms with Gasteiger partial charge in [-0.2, -0.15) is 0 Å². The summed E-state index contributed by atoms with van der Waals surface area (Å²) in [6.07, 6.45) is 5.46. The lowest BCUT2D eigenvalue weighted by Crippen LogP contribution is -2.24. The largest absolute Gasteiger partial charge is 0.508 e. The van der Waals surface area contributed by atoms with Crippen LogP contribution >= 0.6 is 0 Å². The first-order chi connectivity index (χ1) is 16.1. The maximum Gasteiger partial charge on any atom is 0.281 e. The molecule has 8 nitrogen and oxygen atoms in total. The normalized spacial score (nSPS) is 11.2. The summed E-state index contributed by atoms with van der Waals surface area (Å²) in [5.41, 5.74) is 3.32. The molecule has 33 heavy (non-hydrogen) atoms. The molecule has 8 heteroatoms. The molecule has 0 unspecified atom stereocenters. The number of hydrogen-bond donors (Lipinski definition) is 2. The highest BCUT2D eigenvalue weighted by atomic mass is 16.3. The summed E-state index contributed by atoms with van der Waals surface area (Å²) in [4.78, 5) is 35.3. The van der Waals surface area contributed by atoms with Crippen molar-refractivity contribution in [1.82, 2.24) is 24.3 Å². The maximum absolute atomic E-state index is 13.7. The van der Waals surface area contributed by atoms with E-state index in [9.17, 15) is 14.7 Å². The standard InChI is InChI=1S/C25H21N5O3/c1-2-16-5-3-4-6-21(16)30-25(33)23-20(28-30)13-22(32)29(15-18-14-26-11-12-27-18)24(23)17-7-9-19(31)10-8-17/h3-14,28,31H,2,15H2,1H3. The fourth-order valence-electron chi connectivity index (χ4n) is 4.08. The number of H-pyrrole nitrogens is 1. The summed E-state index contributed by atoms with van der Waals surface area (Å²) in [6.45, 7) is 2.17. The Morgan fingerprint density at radius 1 is 1.03 bits per heavy atom. The van der Waals surface area contributed by atoms with Crippen LogP contribution in [0.1, 0.15) is 18.2 Å². The third-order valence-electron chi connectivity index (χ3n) is 5.65. The van der Waals surface area contributed by atoms with E-state index in [0.717, 1.165) is 17.7 Å². The zero-order valence-electron chi connectivity index (χ0n) is 17.9. The third kappa shape index (κ3) is 3.61. The Morgan fingerprint density at radius 2 is 1.82 bits per heavy atom. The van der Waals surface area contributed by atoms with Crippen LogP contribution in [0.4, 0.5) is 0 Å². The molecule has 0 atom stereocenters. The molecule has 0 radical (unpaired) electrons. The maximum atomic E-state index is 13.7. The summed E-state index contributed by atoms with van der Waals surface area (Å²) in [5.74, 6) is 0.0945. The Kier molecular flexibility index (Phi) is 5.10. The smallest absolute Gasteiger partial charge is 0.281 e. The average Bonchev–Trinajstić information content (AvgIpc) is 3.16. The predicted molar refractivity (Wildman–Crippen MR) is 126 cm³/mol. The molecule has 0 aliphatic carbocycles. The summed E-state index contributed by atoms with van der Waals surface area (Å²) in [5, 5.41) is 13.3. The van der Waals surface area contributed by atoms with Crippen LogP contribution < -0.4 is 11.1 Å². The van der Waals surface area contributed by atoms with Crippen molar-refractivity contribution < 1.29 is 5.11 Å². The van der Waals surface area contributed by atoms with E-state index in [-0.39, 0.29) is 23.4 Å². The van der Waals surface area contributed by atoms with Gasteiger partial charge in [-0.1, -0.05) is 25.1 Å². The highest BCUT2D eigenvalue weighted by Crippen LogP contribution is 2.27. The van der Waals surface area contributed by atoms with Crippen molar-refractivity contribution in [1.29, 1.82) is 0 Å². The molecular formula is C25H21N5O3. The van der Waals surface area contributed by atoms with Crippen LogP contribution in [0, 0.1) is 0 Å². The van der Waals surface area contributed by atoms with E-state index >= 15 is 0 Å². The second-order valence-electron chi connectivity index (χ2n) is 7.68. The molecule has 3 aromatic heterocycles. The molecule has 2 N–H and O–H groups in total. The molecule has 0 amide bonds. The van der Waals surface area contributed by atoms with Crippen molar-refractivity contribution in [3.63, 3.8) is 0 Å². The monoisotopic (exact) mass is 439 g/mol. The van der Waals surface area contributed by atoms with Gasteiger partial charge in [-0.05, 0) is 47.9 Å². The molecular weight excluding hydrogens is 418 g/mol. The molecule has 0 fully saturated rings. The van der Waals surface area contributed by atoms with Gasteiger partial charge in [0.1, 0.15) is 5.75 Å². The number of hydrogen-bond acceptors (Lipinski definition) is 5. The Labute approximate surface area is 188 Å². The first kappa shape index (κ1) is 20.4. The van der Waals surface area contributed by atoms with Gasteiger partial charge in [0.2, 0.25) is 0 Å². The Morgan fingerprint density at radius 3 is 2.55 bits per heavy atom. The number of aromatic nitrogens is 5. The van der Waals surface area contributed by atoms with E-state index in [1.165, 1.54) is 27.4 Å². The second kappa shape index (κ2) is 8.23. The lowest BCUT2D eigenvalue weighted by molar-refractivity contribution is 0.475. The molecule has 0 bridgehead atoms. The topological polar surface area (TPSA) is 106 Å². The number of phenols is 1. The van der Waals surface area contributed by atoms with Crippen LogP contribution in [0.2, 0.25) is 0 Å². The molecule has 5 rings (SSSR count). The number of pyridine rings is 1. The van der Waals surface area contributed by atoms with Crippen molar-refractivity contribution in [2.24, 2.45) is 0 Å². The van der Waals surface area contributed by atoms with Gasteiger partial charge in [0.05, 0.1) is 40.7 Å². The summed E-state index contributed by atoms with van der Waals surface area (Å²) >= 11 is 0. The Balaban J connectivity index is 1.84. The quantitative estimate of drug-likeness (QED) is 0.437. The number of aryl methyl sites for hydroxylation is 1. The highest BCUT2D eigenvalue weighted by molar-refractivity contribution is 5.92. The van der Waals surface area contributed by atoms with Gasteiger partial charge in [0, 0.05) is 18.5 Å². The molecule has 0 saturated carbocycles. The summed E-state index contributed by atoms with van der Waals surface area (Å²) in [7, 11) is 0. The van der Waals surface area contributed by atoms with Crippen LogP contribution in [0.3, 0.4) is 0 Å². The lowest BCUT2D eigenvalue weighted by atomic mass is 10.1. The van der Waals surface area contributed by atoms with Gasteiger partial charge in [0.25, 0.3) is 11.1 Å². The third-order valence-corrected chi connectivity index (χ3v) is 5.65. The van der Waals surface area contributed by atoms with Crippen LogP contribution in [-0.2, 0) is 13.0 Å². The molecule has 5 aromatic rings. The van der Waals surface area contributed by atoms with Gasteiger partial charge in [-0.25, -0.2) is 4.68 Å². The zero-order chi connectivity index (χ0) is 22.9. The van der Waals surface area contributed by atoms with Crippen LogP contribution in [0.5, 0.6) is 5.75 Å². The van der Waals surface area contributed by atoms with Gasteiger partial charge < -0.3 is 9.67 Å². The van der Waals surface area contributed by atoms with Gasteiger partial charge in [-0.15, -0.1) is 0 Å². The number of nitrogens with one attached hydrogen (secondary N) is 1. The highest BCUT2D eigenvalue weighted by Gasteiger charge is 2.20. The molecule has 2 aromatic carbocycles.